The molecule has 1 aromatic carbocycles. The van der Waals surface area contributed by atoms with Gasteiger partial charge >= 0.3 is 12.2 Å². The fraction of sp³-hybridized carbons (Fsp3) is 0.250. The third kappa shape index (κ3) is 6.09. The number of carbonyl (C=O) groups excluding carboxylic acids is 1. The summed E-state index contributed by atoms with van der Waals surface area (Å²) < 4.78 is 38.7. The van der Waals surface area contributed by atoms with Crippen molar-refractivity contribution in [1.29, 1.82) is 0 Å². The number of fused-ring (bicyclic) bond motifs is 1. The molecule has 34 heavy (non-hydrogen) atoms. The van der Waals surface area contributed by atoms with Crippen molar-refractivity contribution < 1.29 is 18.0 Å². The minimum Gasteiger partial charge on any atom is -0.329 e. The maximum Gasteiger partial charge on any atom is 0.405 e. The summed E-state index contributed by atoms with van der Waals surface area (Å²) in [5.41, 5.74) is 4.12. The van der Waals surface area contributed by atoms with Gasteiger partial charge in [-0.25, -0.2) is 19.8 Å². The van der Waals surface area contributed by atoms with Gasteiger partial charge < -0.3 is 10.6 Å². The molecule has 0 radical (unpaired) electrons. The number of nitrogens with one attached hydrogen (secondary N) is 2. The van der Waals surface area contributed by atoms with E-state index >= 15 is 0 Å². The van der Waals surface area contributed by atoms with Crippen LogP contribution in [0.2, 0.25) is 0 Å². The van der Waals surface area contributed by atoms with Gasteiger partial charge in [-0.3, -0.25) is 4.40 Å². The molecule has 0 bridgehead atoms. The molecule has 0 aliphatic carbocycles. The summed E-state index contributed by atoms with van der Waals surface area (Å²) in [7, 11) is 0. The van der Waals surface area contributed by atoms with Crippen LogP contribution in [0, 0.1) is 5.92 Å². The Kier molecular flexibility index (Phi) is 7.50. The van der Waals surface area contributed by atoms with E-state index in [0.29, 0.717) is 17.2 Å². The van der Waals surface area contributed by atoms with Crippen LogP contribution in [0.15, 0.2) is 70.5 Å². The number of hydrogen-bond acceptors (Lipinski definition) is 3. The number of aliphatic imine (C=N–C) groups is 2. The minimum atomic E-state index is -4.48. The third-order valence-electron chi connectivity index (χ3n) is 4.91. The van der Waals surface area contributed by atoms with Crippen LogP contribution >= 0.6 is 0 Å². The first-order chi connectivity index (χ1) is 16.1. The summed E-state index contributed by atoms with van der Waals surface area (Å²) in [4.78, 5) is 24.9. The van der Waals surface area contributed by atoms with Crippen molar-refractivity contribution in [2.45, 2.75) is 26.9 Å². The number of rotatable bonds is 6. The van der Waals surface area contributed by atoms with Crippen molar-refractivity contribution in [3.05, 3.63) is 66.1 Å². The van der Waals surface area contributed by atoms with Crippen molar-refractivity contribution >= 4 is 29.9 Å². The van der Waals surface area contributed by atoms with Crippen LogP contribution in [0.25, 0.3) is 16.9 Å². The molecule has 0 fully saturated rings. The fourth-order valence-corrected chi connectivity index (χ4v) is 3.29. The van der Waals surface area contributed by atoms with Crippen molar-refractivity contribution in [2.75, 3.05) is 11.9 Å². The quantitative estimate of drug-likeness (QED) is 0.358. The molecule has 2 heterocycles. The summed E-state index contributed by atoms with van der Waals surface area (Å²) >= 11 is 0. The van der Waals surface area contributed by atoms with Crippen molar-refractivity contribution in [1.82, 2.24) is 14.7 Å². The lowest BCUT2D eigenvalue weighted by Crippen LogP contribution is -2.36. The lowest BCUT2D eigenvalue weighted by molar-refractivity contribution is -0.122. The molecule has 0 saturated carbocycles. The number of halogens is 3. The molecule has 2 N–H and O–H groups in total. The van der Waals surface area contributed by atoms with Gasteiger partial charge in [0.15, 0.2) is 5.84 Å². The van der Waals surface area contributed by atoms with E-state index in [0.717, 1.165) is 22.5 Å². The van der Waals surface area contributed by atoms with Gasteiger partial charge in [-0.05, 0) is 43.8 Å². The Labute approximate surface area is 195 Å². The number of amides is 2. The normalized spacial score (nSPS) is 12.8. The second kappa shape index (κ2) is 10.3. The smallest absolute Gasteiger partial charge is 0.329 e. The van der Waals surface area contributed by atoms with E-state index in [4.69, 9.17) is 0 Å². The number of pyridine rings is 1. The molecule has 0 saturated heterocycles. The summed E-state index contributed by atoms with van der Waals surface area (Å²) in [6.45, 7) is 8.25. The first-order valence-electron chi connectivity index (χ1n) is 10.5. The molecule has 178 valence electrons. The molecule has 2 aromatic heterocycles. The number of anilines is 1. The second-order valence-corrected chi connectivity index (χ2v) is 7.75. The van der Waals surface area contributed by atoms with Crippen LogP contribution in [-0.4, -0.2) is 40.7 Å². The predicted molar refractivity (Wildman–Crippen MR) is 128 cm³/mol. The topological polar surface area (TPSA) is 83.1 Å². The van der Waals surface area contributed by atoms with Crippen LogP contribution in [0.4, 0.5) is 23.7 Å². The maximum atomic E-state index is 12.3. The number of aromatic nitrogens is 2. The molecule has 0 aliphatic rings. The standard InChI is InChI=1S/C24H25F3N6O/c1-5-19(15(2)3)32-22(28-4)17-9-10-33-20(13-29-21(33)12-17)16-7-6-8-18(11-16)31-23(34)30-14-24(25,26)27/h5-13,15H,4,14H2,1-3H3,(H2,30,31,34)/b19-5-,32-22?. The van der Waals surface area contributed by atoms with E-state index in [9.17, 15) is 18.0 Å². The number of nitrogens with zero attached hydrogens (tertiary/aromatic N) is 4. The highest BCUT2D eigenvalue weighted by atomic mass is 19.4. The number of imidazole rings is 1. The van der Waals surface area contributed by atoms with Gasteiger partial charge in [-0.2, -0.15) is 13.2 Å². The summed E-state index contributed by atoms with van der Waals surface area (Å²) in [5.74, 6) is 0.727. The first-order valence-corrected chi connectivity index (χ1v) is 10.5. The highest BCUT2D eigenvalue weighted by Gasteiger charge is 2.27. The Morgan fingerprint density at radius 2 is 2.03 bits per heavy atom. The van der Waals surface area contributed by atoms with E-state index < -0.39 is 18.8 Å². The average molecular weight is 470 g/mol. The Morgan fingerprint density at radius 1 is 1.26 bits per heavy atom. The zero-order valence-corrected chi connectivity index (χ0v) is 19.0. The van der Waals surface area contributed by atoms with Gasteiger partial charge in [0.2, 0.25) is 0 Å². The van der Waals surface area contributed by atoms with Crippen molar-refractivity contribution in [2.24, 2.45) is 15.9 Å². The van der Waals surface area contributed by atoms with E-state index in [2.05, 4.69) is 27.0 Å². The summed E-state index contributed by atoms with van der Waals surface area (Å²) in [5, 5.41) is 4.19. The number of benzene rings is 1. The van der Waals surface area contributed by atoms with Crippen molar-refractivity contribution in [3.8, 4) is 11.3 Å². The van der Waals surface area contributed by atoms with Gasteiger partial charge in [0.05, 0.1) is 11.9 Å². The van der Waals surface area contributed by atoms with Gasteiger partial charge in [0.25, 0.3) is 0 Å². The maximum absolute atomic E-state index is 12.3. The molecular formula is C24H25F3N6O. The van der Waals surface area contributed by atoms with Crippen LogP contribution in [0.3, 0.4) is 0 Å². The molecule has 3 rings (SSSR count). The molecular weight excluding hydrogens is 445 g/mol. The average Bonchev–Trinajstić information content (AvgIpc) is 3.21. The first kappa shape index (κ1) is 24.7. The van der Waals surface area contributed by atoms with Crippen LogP contribution < -0.4 is 10.6 Å². The minimum absolute atomic E-state index is 0.236. The monoisotopic (exact) mass is 470 g/mol. The molecule has 0 spiro atoms. The lowest BCUT2D eigenvalue weighted by Gasteiger charge is -2.11. The molecule has 10 heteroatoms. The SMILES string of the molecule is C=NC(=N/C(=C\C)C(C)C)c1ccn2c(-c3cccc(NC(=O)NCC(F)(F)F)c3)cnc2c1. The van der Waals surface area contributed by atoms with Crippen LogP contribution in [-0.2, 0) is 0 Å². The molecule has 0 aliphatic heterocycles. The lowest BCUT2D eigenvalue weighted by atomic mass is 10.1. The van der Waals surface area contributed by atoms with Gasteiger partial charge in [-0.1, -0.05) is 32.1 Å². The largest absolute Gasteiger partial charge is 0.405 e. The van der Waals surface area contributed by atoms with Gasteiger partial charge in [0.1, 0.15) is 12.2 Å². The Hall–Kier alpha value is -3.95. The third-order valence-corrected chi connectivity index (χ3v) is 4.91. The Bertz CT molecular complexity index is 1260. The second-order valence-electron chi connectivity index (χ2n) is 7.75. The number of alkyl halides is 3. The molecule has 3 aromatic rings. The zero-order valence-electron chi connectivity index (χ0n) is 19.0. The predicted octanol–water partition coefficient (Wildman–Crippen LogP) is 5.69. The molecule has 0 unspecified atom stereocenters. The summed E-state index contributed by atoms with van der Waals surface area (Å²) in [6, 6.07) is 9.51. The number of hydrogen-bond donors (Lipinski definition) is 2. The highest BCUT2D eigenvalue weighted by molar-refractivity contribution is 6.02. The molecule has 2 amide bonds. The number of allylic oxidation sites excluding steroid dienone is 2. The molecule has 0 atom stereocenters. The van der Waals surface area contributed by atoms with Crippen LogP contribution in [0.1, 0.15) is 26.3 Å². The van der Waals surface area contributed by atoms with E-state index in [1.165, 1.54) is 0 Å². The van der Waals surface area contributed by atoms with Crippen LogP contribution in [0.5, 0.6) is 0 Å². The number of amidine groups is 1. The number of carbonyl (C=O) groups is 1. The fourth-order valence-electron chi connectivity index (χ4n) is 3.29. The highest BCUT2D eigenvalue weighted by Crippen LogP contribution is 2.25. The van der Waals surface area contributed by atoms with Gasteiger partial charge in [-0.15, -0.1) is 0 Å². The van der Waals surface area contributed by atoms with E-state index in [1.807, 2.05) is 55.6 Å². The van der Waals surface area contributed by atoms with E-state index in [1.54, 1.807) is 29.7 Å². The van der Waals surface area contributed by atoms with E-state index in [-0.39, 0.29) is 5.92 Å². The Balaban J connectivity index is 1.87. The number of urea groups is 1. The van der Waals surface area contributed by atoms with Gasteiger partial charge in [0, 0.05) is 28.7 Å². The zero-order chi connectivity index (χ0) is 24.9. The molecule has 7 nitrogen and oxygen atoms in total. The van der Waals surface area contributed by atoms with Crippen molar-refractivity contribution in [3.63, 3.8) is 0 Å². The Morgan fingerprint density at radius 3 is 2.68 bits per heavy atom. The summed E-state index contributed by atoms with van der Waals surface area (Å²) in [6.07, 6.45) is 0.954.